The molecule has 0 bridgehead atoms. The molecule has 106 valence electrons. The van der Waals surface area contributed by atoms with Gasteiger partial charge in [0, 0.05) is 29.2 Å². The first-order valence-corrected chi connectivity index (χ1v) is 8.84. The summed E-state index contributed by atoms with van der Waals surface area (Å²) in [5, 5.41) is 7.78. The molecule has 2 unspecified atom stereocenters. The van der Waals surface area contributed by atoms with E-state index in [0.717, 1.165) is 25.7 Å². The third-order valence-corrected chi connectivity index (χ3v) is 4.89. The minimum atomic E-state index is -3.85. The van der Waals surface area contributed by atoms with Crippen molar-refractivity contribution < 1.29 is 13.2 Å². The Bertz CT molecular complexity index is 582. The topological polar surface area (TPSA) is 74.1 Å². The normalized spacial score (nSPS) is 27.9. The lowest BCUT2D eigenvalue weighted by Gasteiger charge is -2.17. The van der Waals surface area contributed by atoms with Crippen LogP contribution >= 0.6 is 10.7 Å². The fourth-order valence-corrected chi connectivity index (χ4v) is 3.66. The summed E-state index contributed by atoms with van der Waals surface area (Å²) < 4.78 is 30.5. The summed E-state index contributed by atoms with van der Waals surface area (Å²) in [5.74, 6) is 0.830. The van der Waals surface area contributed by atoms with Gasteiger partial charge in [-0.05, 0) is 25.7 Å². The summed E-state index contributed by atoms with van der Waals surface area (Å²) in [7, 11) is 1.59. The molecule has 6 nitrogen and oxygen atoms in total. The number of halogens is 1. The van der Waals surface area contributed by atoms with Crippen molar-refractivity contribution in [3.63, 3.8) is 0 Å². The average Bonchev–Trinajstić information content (AvgIpc) is 2.92. The van der Waals surface area contributed by atoms with Crippen molar-refractivity contribution in [3.8, 4) is 0 Å². The van der Waals surface area contributed by atoms with E-state index in [1.54, 1.807) is 4.57 Å². The van der Waals surface area contributed by atoms with Gasteiger partial charge >= 0.3 is 0 Å². The van der Waals surface area contributed by atoms with E-state index in [4.69, 9.17) is 15.4 Å². The molecular weight excluding hydrogens is 290 g/mol. The van der Waals surface area contributed by atoms with Gasteiger partial charge in [-0.3, -0.25) is 4.57 Å². The van der Waals surface area contributed by atoms with Gasteiger partial charge in [-0.2, -0.15) is 0 Å². The average molecular weight is 306 g/mol. The molecule has 1 aromatic heterocycles. The molecule has 1 aromatic rings. The van der Waals surface area contributed by atoms with Gasteiger partial charge in [0.1, 0.15) is 5.82 Å². The molecule has 0 aromatic carbocycles. The molecule has 0 amide bonds. The minimum absolute atomic E-state index is 0.0904. The zero-order valence-electron chi connectivity index (χ0n) is 10.6. The van der Waals surface area contributed by atoms with Crippen molar-refractivity contribution in [1.29, 1.82) is 0 Å². The molecular formula is C11H16ClN3O3S. The van der Waals surface area contributed by atoms with Crippen LogP contribution in [-0.2, 0) is 13.8 Å². The maximum absolute atomic E-state index is 11.6. The maximum atomic E-state index is 11.6. The van der Waals surface area contributed by atoms with Crippen LogP contribution in [0.2, 0.25) is 0 Å². The largest absolute Gasteiger partial charge is 0.377 e. The predicted molar refractivity (Wildman–Crippen MR) is 68.7 cm³/mol. The van der Waals surface area contributed by atoms with E-state index in [9.17, 15) is 8.42 Å². The summed E-state index contributed by atoms with van der Waals surface area (Å²) in [4.78, 5) is 0. The second-order valence-electron chi connectivity index (χ2n) is 5.09. The molecule has 2 atom stereocenters. The first-order valence-electron chi connectivity index (χ1n) is 6.53. The first kappa shape index (κ1) is 13.3. The zero-order valence-corrected chi connectivity index (χ0v) is 12.2. The van der Waals surface area contributed by atoms with Crippen LogP contribution in [0.5, 0.6) is 0 Å². The number of nitrogens with zero attached hydrogens (tertiary/aromatic N) is 3. The van der Waals surface area contributed by atoms with Crippen molar-refractivity contribution in [2.24, 2.45) is 0 Å². The van der Waals surface area contributed by atoms with Crippen LogP contribution in [0.15, 0.2) is 5.16 Å². The standard InChI is InChI=1S/C11H16ClN3O3S/c1-2-9-8(5-6-18-9)10-13-14-11(19(12,16)17)15(10)7-3-4-7/h7-9H,2-6H2,1H3. The van der Waals surface area contributed by atoms with E-state index in [0.29, 0.717) is 12.4 Å². The van der Waals surface area contributed by atoms with Crippen molar-refractivity contribution in [3.05, 3.63) is 5.82 Å². The Hall–Kier alpha value is -0.660. The summed E-state index contributed by atoms with van der Waals surface area (Å²) in [5.41, 5.74) is 0. The van der Waals surface area contributed by atoms with Gasteiger partial charge in [0.2, 0.25) is 0 Å². The summed E-state index contributed by atoms with van der Waals surface area (Å²) >= 11 is 0. The third-order valence-electron chi connectivity index (χ3n) is 3.76. The monoisotopic (exact) mass is 305 g/mol. The molecule has 2 aliphatic rings. The number of ether oxygens (including phenoxy) is 1. The summed E-state index contributed by atoms with van der Waals surface area (Å²) in [6, 6.07) is 0.173. The lowest BCUT2D eigenvalue weighted by molar-refractivity contribution is 0.0987. The second kappa shape index (κ2) is 4.71. The van der Waals surface area contributed by atoms with E-state index in [2.05, 4.69) is 17.1 Å². The Labute approximate surface area is 116 Å². The van der Waals surface area contributed by atoms with Gasteiger partial charge in [-0.1, -0.05) is 6.92 Å². The van der Waals surface area contributed by atoms with Crippen molar-refractivity contribution in [2.45, 2.75) is 55.8 Å². The highest BCUT2D eigenvalue weighted by molar-refractivity contribution is 8.13. The summed E-state index contributed by atoms with van der Waals surface area (Å²) in [6.07, 6.45) is 3.73. The molecule has 3 rings (SSSR count). The molecule has 1 saturated heterocycles. The third kappa shape index (κ3) is 2.39. The molecule has 1 aliphatic carbocycles. The predicted octanol–water partition coefficient (Wildman–Crippen LogP) is 1.82. The van der Waals surface area contributed by atoms with Crippen molar-refractivity contribution in [2.75, 3.05) is 6.61 Å². The quantitative estimate of drug-likeness (QED) is 0.793. The van der Waals surface area contributed by atoms with E-state index < -0.39 is 9.05 Å². The fraction of sp³-hybridized carbons (Fsp3) is 0.818. The molecule has 0 radical (unpaired) electrons. The first-order chi connectivity index (χ1) is 9.02. The number of rotatable bonds is 4. The minimum Gasteiger partial charge on any atom is -0.377 e. The highest BCUT2D eigenvalue weighted by atomic mass is 35.7. The van der Waals surface area contributed by atoms with Crippen LogP contribution < -0.4 is 0 Å². The van der Waals surface area contributed by atoms with Gasteiger partial charge in [0.15, 0.2) is 0 Å². The van der Waals surface area contributed by atoms with Crippen LogP contribution in [0.3, 0.4) is 0 Å². The number of hydrogen-bond acceptors (Lipinski definition) is 5. The summed E-state index contributed by atoms with van der Waals surface area (Å²) in [6.45, 7) is 2.74. The van der Waals surface area contributed by atoms with Crippen LogP contribution in [-0.4, -0.2) is 35.9 Å². The highest BCUT2D eigenvalue weighted by Crippen LogP contribution is 2.42. The lowest BCUT2D eigenvalue weighted by atomic mass is 9.99. The highest BCUT2D eigenvalue weighted by Gasteiger charge is 2.39. The number of hydrogen-bond donors (Lipinski definition) is 0. The lowest BCUT2D eigenvalue weighted by Crippen LogP contribution is -2.18. The smallest absolute Gasteiger partial charge is 0.296 e. The van der Waals surface area contributed by atoms with Crippen LogP contribution in [0.4, 0.5) is 0 Å². The van der Waals surface area contributed by atoms with E-state index >= 15 is 0 Å². The molecule has 8 heteroatoms. The zero-order chi connectivity index (χ0) is 13.6. The van der Waals surface area contributed by atoms with Crippen molar-refractivity contribution >= 4 is 19.7 Å². The van der Waals surface area contributed by atoms with Crippen molar-refractivity contribution in [1.82, 2.24) is 14.8 Å². The fourth-order valence-electron chi connectivity index (χ4n) is 2.73. The van der Waals surface area contributed by atoms with Crippen LogP contribution in [0.25, 0.3) is 0 Å². The molecule has 2 heterocycles. The van der Waals surface area contributed by atoms with E-state index in [1.807, 2.05) is 0 Å². The Kier molecular flexibility index (Phi) is 3.31. The molecule has 0 spiro atoms. The molecule has 19 heavy (non-hydrogen) atoms. The van der Waals surface area contributed by atoms with Gasteiger partial charge in [0.25, 0.3) is 14.2 Å². The van der Waals surface area contributed by atoms with Gasteiger partial charge in [-0.15, -0.1) is 10.2 Å². The Morgan fingerprint density at radius 3 is 2.68 bits per heavy atom. The van der Waals surface area contributed by atoms with E-state index in [-0.39, 0.29) is 23.2 Å². The second-order valence-corrected chi connectivity index (χ2v) is 7.55. The molecule has 0 N–H and O–H groups in total. The SMILES string of the molecule is CCC1OCCC1c1nnc(S(=O)(=O)Cl)n1C1CC1. The Morgan fingerprint density at radius 1 is 1.37 bits per heavy atom. The van der Waals surface area contributed by atoms with Crippen LogP contribution in [0, 0.1) is 0 Å². The number of aromatic nitrogens is 3. The Balaban J connectivity index is 2.04. The molecule has 1 aliphatic heterocycles. The van der Waals surface area contributed by atoms with Gasteiger partial charge < -0.3 is 4.74 Å². The van der Waals surface area contributed by atoms with E-state index in [1.165, 1.54) is 0 Å². The van der Waals surface area contributed by atoms with Gasteiger partial charge in [0.05, 0.1) is 6.10 Å². The Morgan fingerprint density at radius 2 is 2.11 bits per heavy atom. The maximum Gasteiger partial charge on any atom is 0.296 e. The molecule has 2 fully saturated rings. The van der Waals surface area contributed by atoms with Gasteiger partial charge in [-0.25, -0.2) is 8.42 Å². The van der Waals surface area contributed by atoms with Crippen LogP contribution in [0.1, 0.15) is 50.4 Å². The molecule has 1 saturated carbocycles.